The zero-order valence-electron chi connectivity index (χ0n) is 13.7. The smallest absolute Gasteiger partial charge is 0.277 e. The summed E-state index contributed by atoms with van der Waals surface area (Å²) in [5.41, 5.74) is 3.59. The molecule has 1 amide bonds. The molecule has 0 fully saturated rings. The molecule has 128 valence electrons. The average molecular weight is 371 g/mol. The number of benzene rings is 1. The maximum atomic E-state index is 12.4. The van der Waals surface area contributed by atoms with Crippen LogP contribution in [0.2, 0.25) is 0 Å². The van der Waals surface area contributed by atoms with Crippen LogP contribution in [0.15, 0.2) is 45.4 Å². The van der Waals surface area contributed by atoms with Crippen LogP contribution in [0.1, 0.15) is 24.5 Å². The third-order valence-electron chi connectivity index (χ3n) is 4.15. The van der Waals surface area contributed by atoms with Crippen molar-refractivity contribution in [3.63, 3.8) is 0 Å². The summed E-state index contributed by atoms with van der Waals surface area (Å²) in [5, 5.41) is 13.1. The van der Waals surface area contributed by atoms with Crippen molar-refractivity contribution >= 4 is 34.7 Å². The van der Waals surface area contributed by atoms with Gasteiger partial charge in [-0.3, -0.25) is 4.79 Å². The Labute approximate surface area is 153 Å². The molecule has 25 heavy (non-hydrogen) atoms. The summed E-state index contributed by atoms with van der Waals surface area (Å²) in [6.07, 6.45) is 3.43. The number of nitrogens with one attached hydrogen (secondary N) is 1. The molecule has 3 aromatic rings. The van der Waals surface area contributed by atoms with E-state index in [1.54, 1.807) is 11.3 Å². The fourth-order valence-corrected chi connectivity index (χ4v) is 4.18. The zero-order valence-corrected chi connectivity index (χ0v) is 15.3. The lowest BCUT2D eigenvalue weighted by Gasteiger charge is -2.11. The number of rotatable bonds is 5. The molecular formula is C18H17N3O2S2. The van der Waals surface area contributed by atoms with Crippen LogP contribution < -0.4 is 5.32 Å². The molecule has 0 spiro atoms. The van der Waals surface area contributed by atoms with Gasteiger partial charge in [-0.15, -0.1) is 21.5 Å². The van der Waals surface area contributed by atoms with E-state index >= 15 is 0 Å². The number of carbonyl (C=O) groups is 1. The van der Waals surface area contributed by atoms with E-state index in [0.29, 0.717) is 11.1 Å². The van der Waals surface area contributed by atoms with Crippen molar-refractivity contribution in [2.45, 2.75) is 36.7 Å². The first-order chi connectivity index (χ1) is 12.2. The molecule has 5 nitrogen and oxygen atoms in total. The topological polar surface area (TPSA) is 68.0 Å². The van der Waals surface area contributed by atoms with E-state index in [-0.39, 0.29) is 11.2 Å². The second-order valence-electron chi connectivity index (χ2n) is 5.94. The van der Waals surface area contributed by atoms with Crippen LogP contribution in [0.4, 0.5) is 5.69 Å². The van der Waals surface area contributed by atoms with Crippen LogP contribution in [0.25, 0.3) is 10.8 Å². The summed E-state index contributed by atoms with van der Waals surface area (Å²) in [7, 11) is 0. The molecule has 0 unspecified atom stereocenters. The summed E-state index contributed by atoms with van der Waals surface area (Å²) < 4.78 is 5.63. The monoisotopic (exact) mass is 371 g/mol. The summed E-state index contributed by atoms with van der Waals surface area (Å²) in [5.74, 6) is 0.419. The maximum absolute atomic E-state index is 12.4. The fourth-order valence-electron chi connectivity index (χ4n) is 2.86. The quantitative estimate of drug-likeness (QED) is 0.673. The minimum Gasteiger partial charge on any atom is -0.410 e. The lowest BCUT2D eigenvalue weighted by atomic mass is 10.1. The first-order valence-electron chi connectivity index (χ1n) is 8.16. The third-order valence-corrected chi connectivity index (χ3v) is 5.94. The number of thiophene rings is 1. The van der Waals surface area contributed by atoms with Crippen molar-refractivity contribution in [3.8, 4) is 10.8 Å². The van der Waals surface area contributed by atoms with E-state index in [4.69, 9.17) is 4.42 Å². The van der Waals surface area contributed by atoms with Crippen LogP contribution in [0.5, 0.6) is 0 Å². The van der Waals surface area contributed by atoms with E-state index in [1.165, 1.54) is 29.3 Å². The van der Waals surface area contributed by atoms with Gasteiger partial charge < -0.3 is 9.73 Å². The molecule has 2 aromatic heterocycles. The Balaban J connectivity index is 1.39. The number of nitrogens with zero attached hydrogens (tertiary/aromatic N) is 2. The minimum atomic E-state index is -0.329. The van der Waals surface area contributed by atoms with Crippen molar-refractivity contribution < 1.29 is 9.21 Å². The predicted molar refractivity (Wildman–Crippen MR) is 100 cm³/mol. The number of thioether (sulfide) groups is 1. The number of fused-ring (bicyclic) bond motifs is 1. The van der Waals surface area contributed by atoms with Crippen LogP contribution in [-0.2, 0) is 17.6 Å². The van der Waals surface area contributed by atoms with Crippen LogP contribution >= 0.6 is 23.1 Å². The molecular weight excluding hydrogens is 354 g/mol. The second kappa shape index (κ2) is 7.01. The van der Waals surface area contributed by atoms with E-state index in [9.17, 15) is 4.79 Å². The highest BCUT2D eigenvalue weighted by Gasteiger charge is 2.20. The van der Waals surface area contributed by atoms with Crippen molar-refractivity contribution in [2.24, 2.45) is 0 Å². The predicted octanol–water partition coefficient (Wildman–Crippen LogP) is 4.41. The van der Waals surface area contributed by atoms with Crippen LogP contribution in [0, 0.1) is 0 Å². The molecule has 4 rings (SSSR count). The van der Waals surface area contributed by atoms with Gasteiger partial charge in [0.25, 0.3) is 11.1 Å². The minimum absolute atomic E-state index is 0.0705. The van der Waals surface area contributed by atoms with Gasteiger partial charge >= 0.3 is 0 Å². The van der Waals surface area contributed by atoms with Gasteiger partial charge in [0.15, 0.2) is 0 Å². The molecule has 1 atom stereocenters. The molecule has 7 heteroatoms. The molecule has 0 saturated heterocycles. The molecule has 1 aliphatic rings. The molecule has 1 N–H and O–H groups in total. The molecule has 0 aliphatic heterocycles. The molecule has 1 aromatic carbocycles. The second-order valence-corrected chi connectivity index (χ2v) is 8.18. The van der Waals surface area contributed by atoms with Gasteiger partial charge in [0.1, 0.15) is 0 Å². The van der Waals surface area contributed by atoms with Gasteiger partial charge in [0.05, 0.1) is 10.1 Å². The Kier molecular flexibility index (Phi) is 4.59. The van der Waals surface area contributed by atoms with E-state index in [2.05, 4.69) is 27.6 Å². The number of hydrogen-bond acceptors (Lipinski definition) is 6. The Morgan fingerprint density at radius 2 is 2.16 bits per heavy atom. The summed E-state index contributed by atoms with van der Waals surface area (Å²) in [6.45, 7) is 1.84. The fraction of sp³-hybridized carbons (Fsp3) is 0.278. The first kappa shape index (κ1) is 16.4. The Morgan fingerprint density at radius 3 is 3.00 bits per heavy atom. The number of aromatic nitrogens is 2. The molecule has 0 saturated carbocycles. The van der Waals surface area contributed by atoms with Gasteiger partial charge in [-0.2, -0.15) is 0 Å². The highest BCUT2D eigenvalue weighted by atomic mass is 32.2. The van der Waals surface area contributed by atoms with Crippen molar-refractivity contribution in [1.29, 1.82) is 0 Å². The first-order valence-corrected chi connectivity index (χ1v) is 9.92. The van der Waals surface area contributed by atoms with Crippen molar-refractivity contribution in [1.82, 2.24) is 10.2 Å². The average Bonchev–Trinajstić information content (AvgIpc) is 3.35. The van der Waals surface area contributed by atoms with Gasteiger partial charge in [-0.25, -0.2) is 0 Å². The standard InChI is InChI=1S/C18H17N3O2S2/c1-11(25-18-21-20-17(23-18)15-6-3-9-24-15)16(22)19-14-8-7-12-4-2-5-13(12)10-14/h3,6-11H,2,4-5H2,1H3,(H,19,22)/t11-/m0/s1. The van der Waals surface area contributed by atoms with Crippen molar-refractivity contribution in [3.05, 3.63) is 46.8 Å². The summed E-state index contributed by atoms with van der Waals surface area (Å²) in [6, 6.07) is 10.0. The lowest BCUT2D eigenvalue weighted by Crippen LogP contribution is -2.22. The van der Waals surface area contributed by atoms with E-state index < -0.39 is 0 Å². The molecule has 0 radical (unpaired) electrons. The largest absolute Gasteiger partial charge is 0.410 e. The maximum Gasteiger partial charge on any atom is 0.277 e. The Morgan fingerprint density at radius 1 is 1.28 bits per heavy atom. The van der Waals surface area contributed by atoms with Crippen molar-refractivity contribution in [2.75, 3.05) is 5.32 Å². The normalized spacial score (nSPS) is 14.3. The summed E-state index contributed by atoms with van der Waals surface area (Å²) >= 11 is 2.81. The van der Waals surface area contributed by atoms with Gasteiger partial charge in [-0.1, -0.05) is 23.9 Å². The lowest BCUT2D eigenvalue weighted by molar-refractivity contribution is -0.115. The zero-order chi connectivity index (χ0) is 17.2. The Bertz CT molecular complexity index is 890. The highest BCUT2D eigenvalue weighted by Crippen LogP contribution is 2.29. The number of anilines is 1. The van der Waals surface area contributed by atoms with Crippen LogP contribution in [0.3, 0.4) is 0 Å². The number of carbonyl (C=O) groups excluding carboxylic acids is 1. The Hall–Kier alpha value is -2.12. The van der Waals surface area contributed by atoms with Crippen LogP contribution in [-0.4, -0.2) is 21.4 Å². The van der Waals surface area contributed by atoms with Gasteiger partial charge in [0.2, 0.25) is 5.91 Å². The molecule has 1 aliphatic carbocycles. The van der Waals surface area contributed by atoms with E-state index in [0.717, 1.165) is 23.4 Å². The molecule has 0 bridgehead atoms. The van der Waals surface area contributed by atoms with Gasteiger partial charge in [-0.05, 0) is 60.9 Å². The number of hydrogen-bond donors (Lipinski definition) is 1. The number of aryl methyl sites for hydroxylation is 2. The third kappa shape index (κ3) is 3.62. The number of amides is 1. The summed E-state index contributed by atoms with van der Waals surface area (Å²) in [4.78, 5) is 13.4. The molecule has 2 heterocycles. The van der Waals surface area contributed by atoms with Gasteiger partial charge in [0, 0.05) is 5.69 Å². The SMILES string of the molecule is C[C@H](Sc1nnc(-c2cccs2)o1)C(=O)Nc1ccc2c(c1)CCC2. The van der Waals surface area contributed by atoms with E-state index in [1.807, 2.05) is 30.5 Å². The highest BCUT2D eigenvalue weighted by molar-refractivity contribution is 8.00.